The summed E-state index contributed by atoms with van der Waals surface area (Å²) in [5, 5.41) is 29.8. The molecule has 216 valence electrons. The summed E-state index contributed by atoms with van der Waals surface area (Å²) < 4.78 is 0. The van der Waals surface area contributed by atoms with Crippen LogP contribution in [0.1, 0.15) is 142 Å². The summed E-state index contributed by atoms with van der Waals surface area (Å²) in [6.07, 6.45) is 30.0. The van der Waals surface area contributed by atoms with Crippen LogP contribution in [0.5, 0.6) is 0 Å². The minimum Gasteiger partial charge on any atom is -0.478 e. The molecule has 0 amide bonds. The van der Waals surface area contributed by atoms with Crippen molar-refractivity contribution in [2.45, 2.75) is 142 Å². The lowest BCUT2D eigenvalue weighted by Crippen LogP contribution is -1.92. The molecule has 0 aliphatic heterocycles. The first-order valence-corrected chi connectivity index (χ1v) is 14.0. The Morgan fingerprint density at radius 1 is 0.389 bits per heavy atom. The molecule has 0 radical (unpaired) electrons. The maximum Gasteiger partial charge on any atom is 0.330 e. The predicted molar refractivity (Wildman–Crippen MR) is 154 cm³/mol. The van der Waals surface area contributed by atoms with Crippen LogP contribution >= 0.6 is 0 Å². The minimum absolute atomic E-state index is 0.176. The predicted octanol–water partition coefficient (Wildman–Crippen LogP) is 8.31. The van der Waals surface area contributed by atoms with Gasteiger partial charge in [0.05, 0.1) is 0 Å². The number of aliphatic carboxylic acids is 2. The lowest BCUT2D eigenvalue weighted by molar-refractivity contribution is -0.133. The summed E-state index contributed by atoms with van der Waals surface area (Å²) in [6, 6.07) is 0. The summed E-state index contributed by atoms with van der Waals surface area (Å²) in [5.41, 5.74) is 0.352. The molecule has 4 N–H and O–H groups in total. The van der Waals surface area contributed by atoms with Crippen molar-refractivity contribution in [3.8, 4) is 0 Å². The molecule has 36 heavy (non-hydrogen) atoms. The first kappa shape index (κ1) is 41.5. The van der Waals surface area contributed by atoms with Crippen LogP contribution in [0.25, 0.3) is 0 Å². The highest BCUT2D eigenvalue weighted by atomic mass is 16.4. The van der Waals surface area contributed by atoms with E-state index < -0.39 is 11.9 Å². The quantitative estimate of drug-likeness (QED) is 0.274. The van der Waals surface area contributed by atoms with Crippen molar-refractivity contribution in [2.24, 2.45) is 0 Å². The lowest BCUT2D eigenvalue weighted by atomic mass is 10.0. The normalized spacial score (nSPS) is 16.2. The van der Waals surface area contributed by atoms with E-state index >= 15 is 0 Å². The van der Waals surface area contributed by atoms with Crippen molar-refractivity contribution in [1.29, 1.82) is 0 Å². The topological polar surface area (TPSA) is 115 Å². The number of aliphatic hydroxyl groups excluding tert-OH is 2. The Morgan fingerprint density at radius 3 is 0.472 bits per heavy atom. The van der Waals surface area contributed by atoms with Gasteiger partial charge >= 0.3 is 11.9 Å². The summed E-state index contributed by atoms with van der Waals surface area (Å²) in [4.78, 5) is 19.2. The molecule has 2 fully saturated rings. The lowest BCUT2D eigenvalue weighted by Gasteiger charge is -2.05. The molecule has 0 aromatic carbocycles. The van der Waals surface area contributed by atoms with Gasteiger partial charge in [-0.25, -0.2) is 9.59 Å². The number of aliphatic hydroxyl groups is 2. The molecule has 2 saturated carbocycles. The highest BCUT2D eigenvalue weighted by Crippen LogP contribution is 2.16. The molecule has 0 atom stereocenters. The molecule has 0 heterocycles. The van der Waals surface area contributed by atoms with Crippen LogP contribution in [0.4, 0.5) is 0 Å². The molecular formula is C30H60O6. The van der Waals surface area contributed by atoms with Gasteiger partial charge in [-0.05, 0) is 13.8 Å². The van der Waals surface area contributed by atoms with E-state index in [0.29, 0.717) is 0 Å². The molecule has 2 rings (SSSR count). The van der Waals surface area contributed by atoms with Crippen LogP contribution in [0, 0.1) is 0 Å². The van der Waals surface area contributed by atoms with E-state index in [4.69, 9.17) is 20.4 Å². The second-order valence-corrected chi connectivity index (χ2v) is 9.24. The van der Waals surface area contributed by atoms with Crippen molar-refractivity contribution in [1.82, 2.24) is 0 Å². The van der Waals surface area contributed by atoms with E-state index in [2.05, 4.69) is 13.2 Å². The smallest absolute Gasteiger partial charge is 0.330 e. The Bertz CT molecular complexity index is 353. The Kier molecular flexibility index (Phi) is 43.6. The zero-order valence-corrected chi connectivity index (χ0v) is 24.2. The molecule has 2 aliphatic rings. The largest absolute Gasteiger partial charge is 0.478 e. The van der Waals surface area contributed by atoms with Crippen LogP contribution < -0.4 is 0 Å². The van der Waals surface area contributed by atoms with E-state index in [1.807, 2.05) is 0 Å². The maximum atomic E-state index is 9.60. The molecule has 0 aromatic rings. The van der Waals surface area contributed by atoms with Gasteiger partial charge < -0.3 is 20.4 Å². The Morgan fingerprint density at radius 2 is 0.444 bits per heavy atom. The summed E-state index contributed by atoms with van der Waals surface area (Å²) in [5.74, 6) is -1.87. The number of carboxylic acid groups (broad SMARTS) is 2. The molecule has 6 nitrogen and oxygen atoms in total. The monoisotopic (exact) mass is 516 g/mol. The van der Waals surface area contributed by atoms with E-state index in [9.17, 15) is 9.59 Å². The van der Waals surface area contributed by atoms with Crippen molar-refractivity contribution < 1.29 is 30.0 Å². The first-order valence-electron chi connectivity index (χ1n) is 14.0. The number of hydrogen-bond donors (Lipinski definition) is 4. The fourth-order valence-corrected chi connectivity index (χ4v) is 3.54. The van der Waals surface area contributed by atoms with Crippen molar-refractivity contribution in [2.75, 3.05) is 14.2 Å². The number of hydrogen-bond acceptors (Lipinski definition) is 4. The molecular weight excluding hydrogens is 456 g/mol. The average Bonchev–Trinajstić information content (AvgIpc) is 2.89. The van der Waals surface area contributed by atoms with Crippen LogP contribution in [-0.2, 0) is 9.59 Å². The third kappa shape index (κ3) is 45.8. The molecule has 0 spiro atoms. The van der Waals surface area contributed by atoms with Gasteiger partial charge in [-0.2, -0.15) is 0 Å². The van der Waals surface area contributed by atoms with E-state index in [1.165, 1.54) is 142 Å². The van der Waals surface area contributed by atoms with E-state index in [1.54, 1.807) is 0 Å². The van der Waals surface area contributed by atoms with Crippen molar-refractivity contribution in [3.05, 3.63) is 24.3 Å². The van der Waals surface area contributed by atoms with Crippen LogP contribution in [0.15, 0.2) is 24.3 Å². The number of rotatable bonds is 2. The first-order chi connectivity index (χ1) is 17.3. The third-order valence-electron chi connectivity index (χ3n) is 5.73. The van der Waals surface area contributed by atoms with Gasteiger partial charge in [-0.3, -0.25) is 0 Å². The van der Waals surface area contributed by atoms with Crippen LogP contribution in [-0.4, -0.2) is 46.6 Å². The average molecular weight is 517 g/mol. The summed E-state index contributed by atoms with van der Waals surface area (Å²) >= 11 is 0. The van der Waals surface area contributed by atoms with Gasteiger partial charge in [0.25, 0.3) is 0 Å². The molecule has 6 heteroatoms. The van der Waals surface area contributed by atoms with Crippen LogP contribution in [0.3, 0.4) is 0 Å². The van der Waals surface area contributed by atoms with Gasteiger partial charge in [-0.1, -0.05) is 142 Å². The Balaban J connectivity index is -0.000000186. The fraction of sp³-hybridized carbons (Fsp3) is 0.800. The highest BCUT2D eigenvalue weighted by Gasteiger charge is 1.97. The Labute approximate surface area is 222 Å². The highest BCUT2D eigenvalue weighted by molar-refractivity contribution is 5.85. The fourth-order valence-electron chi connectivity index (χ4n) is 3.54. The Hall–Kier alpha value is -1.66. The van der Waals surface area contributed by atoms with Gasteiger partial charge in [0.1, 0.15) is 0 Å². The second-order valence-electron chi connectivity index (χ2n) is 9.24. The summed E-state index contributed by atoms with van der Waals surface area (Å²) in [6.45, 7) is 9.20. The molecule has 0 saturated heterocycles. The van der Waals surface area contributed by atoms with Gasteiger partial charge in [0.15, 0.2) is 0 Å². The van der Waals surface area contributed by atoms with Gasteiger partial charge in [-0.15, -0.1) is 0 Å². The zero-order valence-electron chi connectivity index (χ0n) is 24.2. The SMILES string of the molecule is C1CCCCCCCCC1.C1CCCCCCCCC1.C=C(C)C(=O)O.C=C(C)C(=O)O.CO.CO. The minimum atomic E-state index is -0.935. The van der Waals surface area contributed by atoms with Gasteiger partial charge in [0, 0.05) is 25.4 Å². The third-order valence-corrected chi connectivity index (χ3v) is 5.73. The molecule has 0 bridgehead atoms. The van der Waals surface area contributed by atoms with Crippen molar-refractivity contribution in [3.63, 3.8) is 0 Å². The molecule has 2 aliphatic carbocycles. The van der Waals surface area contributed by atoms with E-state index in [-0.39, 0.29) is 11.1 Å². The molecule has 0 aromatic heterocycles. The van der Waals surface area contributed by atoms with Gasteiger partial charge in [0.2, 0.25) is 0 Å². The zero-order chi connectivity index (χ0) is 28.5. The van der Waals surface area contributed by atoms with E-state index in [0.717, 1.165) is 14.2 Å². The maximum absolute atomic E-state index is 9.60. The standard InChI is InChI=1S/2C10H20.2C4H6O2.2CH4O/c2*1-2-4-6-8-10-9-7-5-3-1;2*1-3(2)4(5)6;2*1-2/h2*1-10H2;2*1H2,2H3,(H,5,6);2*2H,1H3. The number of carboxylic acids is 2. The molecule has 0 unspecified atom stereocenters. The second kappa shape index (κ2) is 37.9. The number of carbonyl (C=O) groups is 2. The van der Waals surface area contributed by atoms with Crippen LogP contribution in [0.2, 0.25) is 0 Å². The summed E-state index contributed by atoms with van der Waals surface area (Å²) in [7, 11) is 2.00. The van der Waals surface area contributed by atoms with Crippen molar-refractivity contribution >= 4 is 11.9 Å².